The summed E-state index contributed by atoms with van der Waals surface area (Å²) in [4.78, 5) is 0. The van der Waals surface area contributed by atoms with Crippen molar-refractivity contribution < 1.29 is 0 Å². The van der Waals surface area contributed by atoms with Gasteiger partial charge in [-0.1, -0.05) is 97.9 Å². The van der Waals surface area contributed by atoms with Crippen LogP contribution in [0.2, 0.25) is 0 Å². The Bertz CT molecular complexity index is 1260. The Hall–Kier alpha value is -2.02. The lowest BCUT2D eigenvalue weighted by atomic mass is 9.34. The Labute approximate surface area is 241 Å². The van der Waals surface area contributed by atoms with E-state index in [1.807, 2.05) is 19.9 Å². The lowest BCUT2D eigenvalue weighted by Crippen LogP contribution is -2.62. The molecule has 1 heteroatoms. The molecule has 3 fully saturated rings. The van der Waals surface area contributed by atoms with Gasteiger partial charge in [0.1, 0.15) is 0 Å². The van der Waals surface area contributed by atoms with Gasteiger partial charge < -0.3 is 5.73 Å². The molecule has 216 valence electrons. The minimum atomic E-state index is 0.0727. The summed E-state index contributed by atoms with van der Waals surface area (Å²) in [6, 6.07) is 2.30. The molecular weight excluding hydrogens is 470 g/mol. The highest BCUT2D eigenvalue weighted by Crippen LogP contribution is 2.74. The first-order valence-electron chi connectivity index (χ1n) is 15.7. The first-order chi connectivity index (χ1) is 18.1. The van der Waals surface area contributed by atoms with Gasteiger partial charge in [-0.2, -0.15) is 0 Å². The second kappa shape index (κ2) is 10.8. The Morgan fingerprint density at radius 1 is 1.00 bits per heavy atom. The zero-order chi connectivity index (χ0) is 29.6. The molecule has 4 aliphatic carbocycles. The van der Waals surface area contributed by atoms with Gasteiger partial charge in [0.2, 0.25) is 0 Å². The van der Waals surface area contributed by atoms with Crippen LogP contribution in [0.15, 0.2) is 42.5 Å². The van der Waals surface area contributed by atoms with Crippen molar-refractivity contribution in [2.24, 2.45) is 27.6 Å². The molecule has 2 N–H and O–H groups in total. The lowest BCUT2D eigenvalue weighted by Gasteiger charge is -2.70. The van der Waals surface area contributed by atoms with Crippen LogP contribution < -0.4 is 16.2 Å². The molecule has 0 heterocycles. The molecule has 4 unspecified atom stereocenters. The van der Waals surface area contributed by atoms with Gasteiger partial charge in [-0.15, -0.1) is 6.58 Å². The van der Waals surface area contributed by atoms with Crippen molar-refractivity contribution in [1.29, 1.82) is 0 Å². The van der Waals surface area contributed by atoms with E-state index in [2.05, 4.69) is 93.3 Å². The fourth-order valence-corrected chi connectivity index (χ4v) is 8.97. The average molecular weight is 530 g/mol. The Kier molecular flexibility index (Phi) is 8.69. The smallest absolute Gasteiger partial charge is 0.0417 e. The quantitative estimate of drug-likeness (QED) is 0.299. The van der Waals surface area contributed by atoms with Crippen molar-refractivity contribution in [3.8, 4) is 0 Å². The summed E-state index contributed by atoms with van der Waals surface area (Å²) in [5.74, 6) is 0.739. The van der Waals surface area contributed by atoms with Gasteiger partial charge in [-0.3, -0.25) is 0 Å². The van der Waals surface area contributed by atoms with E-state index in [9.17, 15) is 0 Å². The highest BCUT2D eigenvalue weighted by Gasteiger charge is 2.66. The number of allylic oxidation sites excluding steroid dienone is 4. The first-order valence-corrected chi connectivity index (χ1v) is 15.7. The van der Waals surface area contributed by atoms with E-state index >= 15 is 0 Å². The van der Waals surface area contributed by atoms with E-state index in [-0.39, 0.29) is 16.2 Å². The summed E-state index contributed by atoms with van der Waals surface area (Å²) < 4.78 is 0. The standard InChI is InChI=1S/C32H45N.C4H8.C2H6/c1-20(2)29(6)13-12-28(5)14-16-31(8)25-11-10-23-22(4)27(33)21(3)18-24(23)30(25,7)15-17-32(31,9)26(28)19-29;1-3-4-2;1-2/h10-11,18,26H,1,3,12-17,19,33H2,2,4-9H3;3H,1,4H2,2H3;1-2H3/t26?,28?,29-,30?,31?,32+;;/m1../s1. The molecule has 0 spiro atoms. The van der Waals surface area contributed by atoms with Gasteiger partial charge in [0.15, 0.2) is 0 Å². The molecule has 0 aliphatic heterocycles. The lowest BCUT2D eigenvalue weighted by molar-refractivity contribution is -0.154. The normalized spacial score (nSPS) is 37.9. The monoisotopic (exact) mass is 529 g/mol. The molecular formula is C38H59N. The molecule has 5 rings (SSSR count). The number of nitrogens with two attached hydrogens (primary N) is 1. The van der Waals surface area contributed by atoms with E-state index in [4.69, 9.17) is 5.73 Å². The van der Waals surface area contributed by atoms with Crippen LogP contribution in [0.1, 0.15) is 125 Å². The third-order valence-corrected chi connectivity index (χ3v) is 12.4. The van der Waals surface area contributed by atoms with Crippen molar-refractivity contribution in [3.05, 3.63) is 64.1 Å². The Morgan fingerprint density at radius 2 is 1.59 bits per heavy atom. The second-order valence-corrected chi connectivity index (χ2v) is 14.3. The van der Waals surface area contributed by atoms with Crippen molar-refractivity contribution in [2.75, 3.05) is 5.73 Å². The summed E-state index contributed by atoms with van der Waals surface area (Å²) in [5.41, 5.74) is 14.3. The number of benzene rings is 1. The molecule has 1 aromatic carbocycles. The fourth-order valence-electron chi connectivity index (χ4n) is 8.97. The summed E-state index contributed by atoms with van der Waals surface area (Å²) >= 11 is 0. The zero-order valence-corrected chi connectivity index (χ0v) is 27.2. The average Bonchev–Trinajstić information content (AvgIpc) is 2.91. The van der Waals surface area contributed by atoms with E-state index in [0.717, 1.165) is 23.2 Å². The number of fused-ring (bicyclic) bond motifs is 7. The van der Waals surface area contributed by atoms with Gasteiger partial charge in [-0.05, 0) is 120 Å². The molecule has 4 aliphatic rings. The minimum absolute atomic E-state index is 0.0727. The first kappa shape index (κ1) is 31.5. The highest BCUT2D eigenvalue weighted by atomic mass is 14.7. The van der Waals surface area contributed by atoms with E-state index in [1.54, 1.807) is 5.57 Å². The minimum Gasteiger partial charge on any atom is -0.398 e. The third kappa shape index (κ3) is 4.61. The number of hydrogen-bond acceptors (Lipinski definition) is 1. The number of rotatable bonds is 2. The van der Waals surface area contributed by atoms with Gasteiger partial charge in [0, 0.05) is 11.1 Å². The van der Waals surface area contributed by atoms with Gasteiger partial charge >= 0.3 is 0 Å². The van der Waals surface area contributed by atoms with Crippen LogP contribution in [0.4, 0.5) is 5.69 Å². The van der Waals surface area contributed by atoms with Crippen molar-refractivity contribution in [2.45, 2.75) is 126 Å². The summed E-state index contributed by atoms with van der Waals surface area (Å²) in [6.07, 6.45) is 16.9. The van der Waals surface area contributed by atoms with Crippen molar-refractivity contribution >= 4 is 18.3 Å². The molecule has 0 amide bonds. The van der Waals surface area contributed by atoms with Crippen LogP contribution in [0.5, 0.6) is 0 Å². The second-order valence-electron chi connectivity index (χ2n) is 14.3. The topological polar surface area (TPSA) is 26.0 Å². The van der Waals surface area contributed by atoms with Crippen LogP contribution in [0, 0.1) is 34.5 Å². The summed E-state index contributed by atoms with van der Waals surface area (Å²) in [7, 11) is 0. The van der Waals surface area contributed by atoms with Gasteiger partial charge in [-0.25, -0.2) is 0 Å². The highest BCUT2D eigenvalue weighted by molar-refractivity contribution is 5.63. The number of nitrogen functional groups attached to an aromatic ring is 1. The summed E-state index contributed by atoms with van der Waals surface area (Å²) in [5, 5.41) is 2.33. The van der Waals surface area contributed by atoms with E-state index in [0.29, 0.717) is 10.8 Å². The molecule has 1 nitrogen and oxygen atoms in total. The maximum Gasteiger partial charge on any atom is 0.0417 e. The van der Waals surface area contributed by atoms with E-state index < -0.39 is 0 Å². The predicted octanol–water partition coefficient (Wildman–Crippen LogP) is 9.56. The van der Waals surface area contributed by atoms with Crippen LogP contribution in [-0.4, -0.2) is 0 Å². The van der Waals surface area contributed by atoms with Gasteiger partial charge in [0.05, 0.1) is 0 Å². The molecule has 0 saturated heterocycles. The molecule has 6 atom stereocenters. The summed E-state index contributed by atoms with van der Waals surface area (Å²) in [6.45, 7) is 35.6. The van der Waals surface area contributed by atoms with Crippen LogP contribution in [0.25, 0.3) is 12.7 Å². The largest absolute Gasteiger partial charge is 0.398 e. The maximum atomic E-state index is 6.40. The van der Waals surface area contributed by atoms with Crippen molar-refractivity contribution in [3.63, 3.8) is 0 Å². The van der Waals surface area contributed by atoms with Crippen LogP contribution >= 0.6 is 0 Å². The van der Waals surface area contributed by atoms with Crippen molar-refractivity contribution in [1.82, 2.24) is 0 Å². The Balaban J connectivity index is 0.000000644. The van der Waals surface area contributed by atoms with Gasteiger partial charge in [0.25, 0.3) is 0 Å². The van der Waals surface area contributed by atoms with E-state index in [1.165, 1.54) is 66.9 Å². The molecule has 0 bridgehead atoms. The fraction of sp³-hybridized carbons (Fsp3) is 0.632. The molecule has 0 radical (unpaired) electrons. The molecule has 1 aromatic rings. The predicted molar refractivity (Wildman–Crippen MR) is 175 cm³/mol. The molecule has 0 aromatic heterocycles. The van der Waals surface area contributed by atoms with Crippen LogP contribution in [-0.2, 0) is 5.41 Å². The number of anilines is 1. The SMILES string of the molecule is C=C(C)[C@]1(C)CCC2(C)CCC3(C)C4=CC=c5c(cc(=C)c(N)c5C)C4(C)CC[C@@]3(C)C2C1.C=CCC.CC. The zero-order valence-electron chi connectivity index (χ0n) is 27.2. The maximum absolute atomic E-state index is 6.40. The Morgan fingerprint density at radius 3 is 2.15 bits per heavy atom. The number of hydrogen-bond donors (Lipinski definition) is 1. The van der Waals surface area contributed by atoms with Crippen LogP contribution in [0.3, 0.4) is 0 Å². The molecule has 3 saturated carbocycles. The molecule has 39 heavy (non-hydrogen) atoms. The third-order valence-electron chi connectivity index (χ3n) is 12.4.